The van der Waals surface area contributed by atoms with Crippen LogP contribution in [0.5, 0.6) is 0 Å². The molecule has 2 aromatic rings. The van der Waals surface area contributed by atoms with Crippen molar-refractivity contribution in [3.63, 3.8) is 0 Å². The van der Waals surface area contributed by atoms with Gasteiger partial charge in [0.2, 0.25) is 0 Å². The second-order valence-corrected chi connectivity index (χ2v) is 7.64. The number of carbonyl (C=O) groups excluding carboxylic acids is 1. The quantitative estimate of drug-likeness (QED) is 0.433. The lowest BCUT2D eigenvalue weighted by Gasteiger charge is -2.12. The van der Waals surface area contributed by atoms with Gasteiger partial charge in [-0.1, -0.05) is 30.9 Å². The highest BCUT2D eigenvalue weighted by Gasteiger charge is 2.28. The molecule has 1 aliphatic carbocycles. The average Bonchev–Trinajstić information content (AvgIpc) is 3.44. The molecule has 4 N–H and O–H groups in total. The molecule has 0 amide bonds. The maximum absolute atomic E-state index is 12.4. The number of aryl methyl sites for hydroxylation is 1. The van der Waals surface area contributed by atoms with E-state index in [9.17, 15) is 4.79 Å². The topological polar surface area (TPSA) is 94.4 Å². The molecule has 0 spiro atoms. The fraction of sp³-hybridized carbons (Fsp3) is 0.286. The minimum Gasteiger partial charge on any atom is -0.370 e. The number of rotatable bonds is 7. The summed E-state index contributed by atoms with van der Waals surface area (Å²) in [7, 11) is 0. The zero-order valence-electron chi connectivity index (χ0n) is 15.7. The number of allylic oxidation sites excluding steroid dienone is 1. The van der Waals surface area contributed by atoms with E-state index in [0.717, 1.165) is 27.3 Å². The van der Waals surface area contributed by atoms with Crippen LogP contribution in [0.2, 0.25) is 0 Å². The van der Waals surface area contributed by atoms with Crippen molar-refractivity contribution >= 4 is 34.7 Å². The van der Waals surface area contributed by atoms with Crippen LogP contribution in [0.15, 0.2) is 35.8 Å². The Kier molecular flexibility index (Phi) is 5.56. The summed E-state index contributed by atoms with van der Waals surface area (Å²) in [4.78, 5) is 22.2. The molecule has 1 fully saturated rings. The van der Waals surface area contributed by atoms with E-state index in [1.165, 1.54) is 17.8 Å². The van der Waals surface area contributed by atoms with E-state index < -0.39 is 0 Å². The molecule has 3 rings (SSSR count). The molecule has 1 aliphatic rings. The standard InChI is InChI=1S/C21H24N4OS/c1-4-13-6-9-15(18(26)11-24-21(22)23)10-17(13)16(5-2)19-12(3)25-20(27-19)14-7-8-14/h4-6,9-10,14H,1,7-8,11H2,2-3H3,(H4,22,23,24)/b16-5+. The highest BCUT2D eigenvalue weighted by atomic mass is 32.1. The molecule has 1 heterocycles. The van der Waals surface area contributed by atoms with Crippen LogP contribution in [0.3, 0.4) is 0 Å². The third kappa shape index (κ3) is 4.17. The average molecular weight is 381 g/mol. The molecule has 1 aromatic carbocycles. The Morgan fingerprint density at radius 2 is 2.15 bits per heavy atom. The molecule has 6 heteroatoms. The number of hydrogen-bond acceptors (Lipinski definition) is 4. The molecule has 5 nitrogen and oxygen atoms in total. The predicted molar refractivity (Wildman–Crippen MR) is 113 cm³/mol. The SMILES string of the molecule is C=Cc1ccc(C(=O)CN=C(N)N)cc1/C(=C\C)c1sc(C2CC2)nc1C. The Labute approximate surface area is 163 Å². The highest BCUT2D eigenvalue weighted by molar-refractivity contribution is 7.13. The maximum atomic E-state index is 12.4. The van der Waals surface area contributed by atoms with E-state index in [0.29, 0.717) is 11.5 Å². The lowest BCUT2D eigenvalue weighted by molar-refractivity contribution is 0.100. The van der Waals surface area contributed by atoms with Gasteiger partial charge in [-0.25, -0.2) is 9.98 Å². The Bertz CT molecular complexity index is 947. The summed E-state index contributed by atoms with van der Waals surface area (Å²) in [5.41, 5.74) is 15.3. The minimum atomic E-state index is -0.129. The molecule has 140 valence electrons. The van der Waals surface area contributed by atoms with Crippen molar-refractivity contribution in [1.82, 2.24) is 4.98 Å². The van der Waals surface area contributed by atoms with Crippen LogP contribution < -0.4 is 11.5 Å². The largest absolute Gasteiger partial charge is 0.370 e. The molecule has 0 unspecified atom stereocenters. The number of nitrogens with two attached hydrogens (primary N) is 2. The molecular weight excluding hydrogens is 356 g/mol. The third-order valence-corrected chi connectivity index (χ3v) is 5.92. The van der Waals surface area contributed by atoms with Crippen LogP contribution in [-0.4, -0.2) is 23.3 Å². The molecule has 1 saturated carbocycles. The van der Waals surface area contributed by atoms with Crippen molar-refractivity contribution < 1.29 is 4.79 Å². The normalized spacial score (nSPS) is 14.1. The molecule has 0 aliphatic heterocycles. The number of Topliss-reactive ketones (excluding diaryl/α,β-unsaturated/α-hetero) is 1. The van der Waals surface area contributed by atoms with Crippen molar-refractivity contribution in [2.24, 2.45) is 16.5 Å². The van der Waals surface area contributed by atoms with Crippen LogP contribution in [0, 0.1) is 6.92 Å². The summed E-state index contributed by atoms with van der Waals surface area (Å²) in [5, 5.41) is 1.21. The summed E-state index contributed by atoms with van der Waals surface area (Å²) >= 11 is 1.75. The Morgan fingerprint density at radius 1 is 1.41 bits per heavy atom. The van der Waals surface area contributed by atoms with E-state index in [1.54, 1.807) is 23.5 Å². The van der Waals surface area contributed by atoms with Gasteiger partial charge in [-0.15, -0.1) is 11.3 Å². The fourth-order valence-electron chi connectivity index (χ4n) is 2.98. The Balaban J connectivity index is 2.02. The summed E-state index contributed by atoms with van der Waals surface area (Å²) in [6.45, 7) is 7.91. The first-order valence-electron chi connectivity index (χ1n) is 8.94. The molecule has 1 aromatic heterocycles. The number of nitrogens with zero attached hydrogens (tertiary/aromatic N) is 2. The van der Waals surface area contributed by atoms with Crippen molar-refractivity contribution in [2.75, 3.05) is 6.54 Å². The summed E-state index contributed by atoms with van der Waals surface area (Å²) in [6.07, 6.45) is 6.33. The molecule has 0 atom stereocenters. The van der Waals surface area contributed by atoms with Crippen molar-refractivity contribution in [1.29, 1.82) is 0 Å². The number of hydrogen-bond donors (Lipinski definition) is 2. The first kappa shape index (κ1) is 19.0. The number of guanidine groups is 1. The Hall–Kier alpha value is -2.73. The van der Waals surface area contributed by atoms with Gasteiger partial charge in [0.25, 0.3) is 0 Å². The van der Waals surface area contributed by atoms with Crippen molar-refractivity contribution in [3.8, 4) is 0 Å². The van der Waals surface area contributed by atoms with Crippen LogP contribution in [-0.2, 0) is 0 Å². The van der Waals surface area contributed by atoms with Gasteiger partial charge >= 0.3 is 0 Å². The monoisotopic (exact) mass is 380 g/mol. The van der Waals surface area contributed by atoms with E-state index >= 15 is 0 Å². The zero-order chi connectivity index (χ0) is 19.6. The van der Waals surface area contributed by atoms with Gasteiger partial charge in [0.05, 0.1) is 15.6 Å². The number of ketones is 1. The van der Waals surface area contributed by atoms with Gasteiger partial charge in [0.1, 0.15) is 6.54 Å². The second-order valence-electron chi connectivity index (χ2n) is 6.61. The van der Waals surface area contributed by atoms with Crippen LogP contribution >= 0.6 is 11.3 Å². The molecule has 0 bridgehead atoms. The van der Waals surface area contributed by atoms with E-state index in [-0.39, 0.29) is 18.3 Å². The molecule has 0 saturated heterocycles. The van der Waals surface area contributed by atoms with Crippen molar-refractivity contribution in [2.45, 2.75) is 32.6 Å². The smallest absolute Gasteiger partial charge is 0.186 e. The number of aromatic nitrogens is 1. The van der Waals surface area contributed by atoms with E-state index in [2.05, 4.69) is 17.6 Å². The molecule has 0 radical (unpaired) electrons. The lowest BCUT2D eigenvalue weighted by atomic mass is 9.94. The second kappa shape index (κ2) is 7.88. The maximum Gasteiger partial charge on any atom is 0.186 e. The van der Waals surface area contributed by atoms with Gasteiger partial charge < -0.3 is 11.5 Å². The van der Waals surface area contributed by atoms with Crippen molar-refractivity contribution in [3.05, 3.63) is 63.1 Å². The lowest BCUT2D eigenvalue weighted by Crippen LogP contribution is -2.24. The number of benzene rings is 1. The summed E-state index contributed by atoms with van der Waals surface area (Å²) in [6, 6.07) is 5.59. The van der Waals surface area contributed by atoms with Gasteiger partial charge in [0, 0.05) is 11.5 Å². The highest BCUT2D eigenvalue weighted by Crippen LogP contribution is 2.44. The van der Waals surface area contributed by atoms with E-state index in [4.69, 9.17) is 16.5 Å². The fourth-order valence-corrected chi connectivity index (χ4v) is 4.30. The molecular formula is C21H24N4OS. The van der Waals surface area contributed by atoms with Crippen LogP contribution in [0.25, 0.3) is 11.6 Å². The van der Waals surface area contributed by atoms with Gasteiger partial charge in [0.15, 0.2) is 11.7 Å². The van der Waals surface area contributed by atoms with E-state index in [1.807, 2.05) is 26.0 Å². The first-order valence-corrected chi connectivity index (χ1v) is 9.75. The zero-order valence-corrected chi connectivity index (χ0v) is 16.5. The van der Waals surface area contributed by atoms with Gasteiger partial charge in [-0.05, 0) is 49.5 Å². The number of aliphatic imine (C=N–C) groups is 1. The first-order chi connectivity index (χ1) is 12.9. The summed E-state index contributed by atoms with van der Waals surface area (Å²) < 4.78 is 0. The van der Waals surface area contributed by atoms with Crippen LogP contribution in [0.1, 0.15) is 62.7 Å². The number of thiazole rings is 1. The molecule has 27 heavy (non-hydrogen) atoms. The van der Waals surface area contributed by atoms with Gasteiger partial charge in [-0.3, -0.25) is 4.79 Å². The van der Waals surface area contributed by atoms with Gasteiger partial charge in [-0.2, -0.15) is 0 Å². The Morgan fingerprint density at radius 3 is 2.74 bits per heavy atom. The predicted octanol–water partition coefficient (Wildman–Crippen LogP) is 3.88. The van der Waals surface area contributed by atoms with Crippen LogP contribution in [0.4, 0.5) is 0 Å². The summed E-state index contributed by atoms with van der Waals surface area (Å²) in [5.74, 6) is 0.399. The third-order valence-electron chi connectivity index (χ3n) is 4.56. The minimum absolute atomic E-state index is 0.0637. The number of carbonyl (C=O) groups is 1.